The van der Waals surface area contributed by atoms with Crippen LogP contribution >= 0.6 is 22.9 Å². The highest BCUT2D eigenvalue weighted by atomic mass is 35.5. The zero-order valence-corrected chi connectivity index (χ0v) is 13.6. The summed E-state index contributed by atoms with van der Waals surface area (Å²) in [4.78, 5) is 28.4. The Kier molecular flexibility index (Phi) is 4.27. The molecule has 0 bridgehead atoms. The normalized spacial score (nSPS) is 10.5. The van der Waals surface area contributed by atoms with Crippen LogP contribution in [-0.2, 0) is 4.74 Å². The van der Waals surface area contributed by atoms with E-state index in [0.29, 0.717) is 16.3 Å². The minimum absolute atomic E-state index is 0.240. The van der Waals surface area contributed by atoms with Crippen LogP contribution in [0.3, 0.4) is 0 Å². The molecule has 0 saturated carbocycles. The predicted octanol–water partition coefficient (Wildman–Crippen LogP) is 3.99. The molecule has 1 N–H and O–H groups in total. The number of rotatable bonds is 3. The first-order chi connectivity index (χ1) is 11.1. The number of anilines is 1. The predicted molar refractivity (Wildman–Crippen MR) is 90.4 cm³/mol. The van der Waals surface area contributed by atoms with Crippen molar-refractivity contribution in [3.8, 4) is 0 Å². The Labute approximate surface area is 140 Å². The lowest BCUT2D eigenvalue weighted by Crippen LogP contribution is -2.15. The number of esters is 1. The first-order valence-electron chi connectivity index (χ1n) is 6.61. The Hall–Kier alpha value is -2.44. The molecule has 116 valence electrons. The van der Waals surface area contributed by atoms with Gasteiger partial charge in [-0.15, -0.1) is 11.3 Å². The van der Waals surface area contributed by atoms with Gasteiger partial charge in [0.15, 0.2) is 0 Å². The van der Waals surface area contributed by atoms with Crippen molar-refractivity contribution in [2.45, 2.75) is 0 Å². The van der Waals surface area contributed by atoms with Crippen molar-refractivity contribution in [3.05, 3.63) is 58.1 Å². The minimum Gasteiger partial charge on any atom is -0.465 e. The number of methoxy groups -OCH3 is 1. The Balaban J connectivity index is 1.92. The second kappa shape index (κ2) is 6.36. The molecule has 0 aliphatic carbocycles. The molecule has 1 amide bonds. The average Bonchev–Trinajstić information content (AvgIpc) is 3.01. The fraction of sp³-hybridized carbons (Fsp3) is 0.0625. The van der Waals surface area contributed by atoms with E-state index >= 15 is 0 Å². The van der Waals surface area contributed by atoms with Gasteiger partial charge in [-0.25, -0.2) is 9.78 Å². The van der Waals surface area contributed by atoms with E-state index in [1.807, 2.05) is 0 Å². The van der Waals surface area contributed by atoms with Crippen molar-refractivity contribution in [1.82, 2.24) is 4.98 Å². The van der Waals surface area contributed by atoms with Crippen molar-refractivity contribution in [2.75, 3.05) is 12.4 Å². The summed E-state index contributed by atoms with van der Waals surface area (Å²) in [6.07, 6.45) is 0. The van der Waals surface area contributed by atoms with Gasteiger partial charge < -0.3 is 10.1 Å². The van der Waals surface area contributed by atoms with Gasteiger partial charge in [-0.3, -0.25) is 4.79 Å². The molecule has 0 aliphatic rings. The summed E-state index contributed by atoms with van der Waals surface area (Å²) in [5.41, 5.74) is 3.57. The molecule has 7 heteroatoms. The topological polar surface area (TPSA) is 68.3 Å². The standard InChI is InChI=1S/C16H11ClN2O3S/c1-22-16(21)11-4-3-10(17)7-13(11)19-15(20)9-2-5-12-14(6-9)23-8-18-12/h2-8H,1H3,(H,19,20). The fourth-order valence-corrected chi connectivity index (χ4v) is 2.99. The zero-order valence-electron chi connectivity index (χ0n) is 12.0. The minimum atomic E-state index is -0.546. The van der Waals surface area contributed by atoms with E-state index in [-0.39, 0.29) is 11.5 Å². The fourth-order valence-electron chi connectivity index (χ4n) is 2.10. The molecule has 1 heterocycles. The number of amides is 1. The first kappa shape index (κ1) is 15.5. The van der Waals surface area contributed by atoms with Gasteiger partial charge in [0, 0.05) is 10.6 Å². The van der Waals surface area contributed by atoms with Crippen LogP contribution in [0.1, 0.15) is 20.7 Å². The van der Waals surface area contributed by atoms with E-state index in [4.69, 9.17) is 16.3 Å². The number of carbonyl (C=O) groups excluding carboxylic acids is 2. The molecule has 3 aromatic rings. The summed E-state index contributed by atoms with van der Waals surface area (Å²) in [5.74, 6) is -0.886. The molecule has 2 aromatic carbocycles. The molecule has 0 spiro atoms. The number of thiazole rings is 1. The summed E-state index contributed by atoms with van der Waals surface area (Å²) in [6, 6.07) is 9.80. The van der Waals surface area contributed by atoms with Crippen LogP contribution < -0.4 is 5.32 Å². The van der Waals surface area contributed by atoms with Gasteiger partial charge >= 0.3 is 5.97 Å². The number of hydrogen-bond acceptors (Lipinski definition) is 5. The smallest absolute Gasteiger partial charge is 0.339 e. The van der Waals surface area contributed by atoms with Crippen LogP contribution in [0.2, 0.25) is 5.02 Å². The van der Waals surface area contributed by atoms with Gasteiger partial charge in [-0.2, -0.15) is 0 Å². The van der Waals surface area contributed by atoms with Crippen molar-refractivity contribution >= 4 is 50.7 Å². The summed E-state index contributed by atoms with van der Waals surface area (Å²) >= 11 is 7.40. The van der Waals surface area contributed by atoms with E-state index in [1.54, 1.807) is 29.8 Å². The van der Waals surface area contributed by atoms with Crippen LogP contribution in [0.25, 0.3) is 10.2 Å². The van der Waals surface area contributed by atoms with Gasteiger partial charge in [0.2, 0.25) is 0 Å². The molecule has 5 nitrogen and oxygen atoms in total. The van der Waals surface area contributed by atoms with Crippen molar-refractivity contribution in [2.24, 2.45) is 0 Å². The van der Waals surface area contributed by atoms with Crippen molar-refractivity contribution < 1.29 is 14.3 Å². The van der Waals surface area contributed by atoms with Crippen LogP contribution in [0.15, 0.2) is 41.9 Å². The molecule has 0 atom stereocenters. The van der Waals surface area contributed by atoms with Crippen molar-refractivity contribution in [3.63, 3.8) is 0 Å². The van der Waals surface area contributed by atoms with E-state index in [9.17, 15) is 9.59 Å². The second-order valence-corrected chi connectivity index (χ2v) is 5.99. The highest BCUT2D eigenvalue weighted by Crippen LogP contribution is 2.24. The van der Waals surface area contributed by atoms with Crippen LogP contribution in [0.4, 0.5) is 5.69 Å². The summed E-state index contributed by atoms with van der Waals surface area (Å²) in [5, 5.41) is 3.11. The van der Waals surface area contributed by atoms with Crippen molar-refractivity contribution in [1.29, 1.82) is 0 Å². The van der Waals surface area contributed by atoms with E-state index in [2.05, 4.69) is 10.3 Å². The lowest BCUT2D eigenvalue weighted by Gasteiger charge is -2.10. The molecular weight excluding hydrogens is 336 g/mol. The van der Waals surface area contributed by atoms with Gasteiger partial charge in [-0.1, -0.05) is 11.6 Å². The Morgan fingerprint density at radius 2 is 2.04 bits per heavy atom. The third-order valence-electron chi connectivity index (χ3n) is 3.23. The number of halogens is 1. The Morgan fingerprint density at radius 1 is 1.22 bits per heavy atom. The number of hydrogen-bond donors (Lipinski definition) is 1. The van der Waals surface area contributed by atoms with Crippen LogP contribution in [0.5, 0.6) is 0 Å². The quantitative estimate of drug-likeness (QED) is 0.728. The van der Waals surface area contributed by atoms with Gasteiger partial charge in [0.25, 0.3) is 5.91 Å². The third-order valence-corrected chi connectivity index (χ3v) is 4.26. The highest BCUT2D eigenvalue weighted by molar-refractivity contribution is 7.16. The molecule has 23 heavy (non-hydrogen) atoms. The third kappa shape index (κ3) is 3.18. The average molecular weight is 347 g/mol. The number of nitrogens with one attached hydrogen (secondary N) is 1. The van der Waals surface area contributed by atoms with E-state index in [0.717, 1.165) is 10.2 Å². The Bertz CT molecular complexity index is 907. The zero-order chi connectivity index (χ0) is 16.4. The highest BCUT2D eigenvalue weighted by Gasteiger charge is 2.16. The molecule has 0 aliphatic heterocycles. The molecule has 0 fully saturated rings. The number of carbonyl (C=O) groups is 2. The number of ether oxygens (including phenoxy) is 1. The maximum atomic E-state index is 12.4. The SMILES string of the molecule is COC(=O)c1ccc(Cl)cc1NC(=O)c1ccc2ncsc2c1. The number of nitrogens with zero attached hydrogens (tertiary/aromatic N) is 1. The van der Waals surface area contributed by atoms with Gasteiger partial charge in [0.1, 0.15) is 0 Å². The number of fused-ring (bicyclic) bond motifs is 1. The lowest BCUT2D eigenvalue weighted by molar-refractivity contribution is 0.0602. The molecule has 3 rings (SSSR count). The van der Waals surface area contributed by atoms with Crippen LogP contribution in [-0.4, -0.2) is 24.0 Å². The molecule has 0 unspecified atom stereocenters. The largest absolute Gasteiger partial charge is 0.465 e. The second-order valence-electron chi connectivity index (χ2n) is 4.67. The molecule has 1 aromatic heterocycles. The molecular formula is C16H11ClN2O3S. The van der Waals surface area contributed by atoms with E-state index < -0.39 is 5.97 Å². The monoisotopic (exact) mass is 346 g/mol. The van der Waals surface area contributed by atoms with Crippen LogP contribution in [0, 0.1) is 0 Å². The molecule has 0 radical (unpaired) electrons. The summed E-state index contributed by atoms with van der Waals surface area (Å²) < 4.78 is 5.63. The number of aromatic nitrogens is 1. The van der Waals surface area contributed by atoms with Gasteiger partial charge in [-0.05, 0) is 36.4 Å². The summed E-state index contributed by atoms with van der Waals surface area (Å²) in [6.45, 7) is 0. The maximum absolute atomic E-state index is 12.4. The molecule has 0 saturated heterocycles. The number of benzene rings is 2. The summed E-state index contributed by atoms with van der Waals surface area (Å²) in [7, 11) is 1.28. The van der Waals surface area contributed by atoms with Gasteiger partial charge in [0.05, 0.1) is 34.1 Å². The first-order valence-corrected chi connectivity index (χ1v) is 7.86. The Morgan fingerprint density at radius 3 is 2.83 bits per heavy atom. The van der Waals surface area contributed by atoms with E-state index in [1.165, 1.54) is 30.6 Å². The maximum Gasteiger partial charge on any atom is 0.339 e. The lowest BCUT2D eigenvalue weighted by atomic mass is 10.1.